The van der Waals surface area contributed by atoms with Crippen molar-refractivity contribution in [1.29, 1.82) is 0 Å². The van der Waals surface area contributed by atoms with Gasteiger partial charge in [-0.25, -0.2) is 4.68 Å². The zero-order valence-electron chi connectivity index (χ0n) is 17.8. The number of hydrogen-bond acceptors (Lipinski definition) is 6. The van der Waals surface area contributed by atoms with E-state index in [1.165, 1.54) is 0 Å². The number of nitrogen functional groups attached to an aromatic ring is 1. The SMILES string of the molecule is CC1CC1c1cc(NC(=O)Cc2ccc(-c3nn(C(C)C)c(N)c3C(N)=O)cc2)on1. The normalized spacial score (nSPS) is 17.7. The molecule has 1 fully saturated rings. The van der Waals surface area contributed by atoms with E-state index in [2.05, 4.69) is 22.5 Å². The van der Waals surface area contributed by atoms with Crippen molar-refractivity contribution < 1.29 is 14.1 Å². The number of hydrogen-bond donors (Lipinski definition) is 3. The van der Waals surface area contributed by atoms with Crippen molar-refractivity contribution in [2.45, 2.75) is 45.6 Å². The van der Waals surface area contributed by atoms with Gasteiger partial charge in [0.05, 0.1) is 12.1 Å². The van der Waals surface area contributed by atoms with E-state index in [4.69, 9.17) is 16.0 Å². The number of nitrogens with one attached hydrogen (secondary N) is 1. The molecule has 0 bridgehead atoms. The molecule has 0 aliphatic heterocycles. The first-order valence-corrected chi connectivity index (χ1v) is 10.3. The van der Waals surface area contributed by atoms with Crippen LogP contribution in [0.1, 0.15) is 60.8 Å². The van der Waals surface area contributed by atoms with Crippen molar-refractivity contribution in [1.82, 2.24) is 14.9 Å². The van der Waals surface area contributed by atoms with Gasteiger partial charge < -0.3 is 16.0 Å². The first-order valence-electron chi connectivity index (χ1n) is 10.3. The van der Waals surface area contributed by atoms with Crippen molar-refractivity contribution >= 4 is 23.5 Å². The monoisotopic (exact) mass is 422 g/mol. The van der Waals surface area contributed by atoms with E-state index in [0.29, 0.717) is 29.0 Å². The molecule has 2 aromatic heterocycles. The van der Waals surface area contributed by atoms with Gasteiger partial charge in [-0.1, -0.05) is 36.3 Å². The molecule has 1 aliphatic rings. The minimum absolute atomic E-state index is 0.0189. The van der Waals surface area contributed by atoms with E-state index >= 15 is 0 Å². The van der Waals surface area contributed by atoms with Crippen LogP contribution in [-0.4, -0.2) is 26.8 Å². The molecule has 1 aliphatic carbocycles. The number of anilines is 2. The van der Waals surface area contributed by atoms with E-state index in [0.717, 1.165) is 17.7 Å². The molecule has 31 heavy (non-hydrogen) atoms. The maximum Gasteiger partial charge on any atom is 0.254 e. The molecule has 9 heteroatoms. The van der Waals surface area contributed by atoms with Gasteiger partial charge in [-0.3, -0.25) is 14.9 Å². The molecular weight excluding hydrogens is 396 g/mol. The van der Waals surface area contributed by atoms with Crippen LogP contribution in [0.15, 0.2) is 34.9 Å². The Hall–Kier alpha value is -3.62. The summed E-state index contributed by atoms with van der Waals surface area (Å²) >= 11 is 0. The predicted molar refractivity (Wildman–Crippen MR) is 116 cm³/mol. The Balaban J connectivity index is 1.46. The highest BCUT2D eigenvalue weighted by Gasteiger charge is 2.36. The summed E-state index contributed by atoms with van der Waals surface area (Å²) in [5, 5.41) is 11.2. The van der Waals surface area contributed by atoms with E-state index < -0.39 is 5.91 Å². The largest absolute Gasteiger partial charge is 0.383 e. The summed E-state index contributed by atoms with van der Waals surface area (Å²) in [6, 6.07) is 8.97. The van der Waals surface area contributed by atoms with Crippen molar-refractivity contribution in [2.24, 2.45) is 11.7 Å². The number of carbonyl (C=O) groups is 2. The molecule has 0 saturated heterocycles. The fraction of sp³-hybridized carbons (Fsp3) is 0.364. The topological polar surface area (TPSA) is 142 Å². The highest BCUT2D eigenvalue weighted by atomic mass is 16.5. The smallest absolute Gasteiger partial charge is 0.254 e. The molecular formula is C22H26N6O3. The molecule has 2 atom stereocenters. The average molecular weight is 422 g/mol. The quantitative estimate of drug-likeness (QED) is 0.534. The fourth-order valence-electron chi connectivity index (χ4n) is 3.69. The molecule has 2 heterocycles. The van der Waals surface area contributed by atoms with Crippen molar-refractivity contribution in [3.63, 3.8) is 0 Å². The molecule has 0 radical (unpaired) electrons. The molecule has 1 aromatic carbocycles. The molecule has 5 N–H and O–H groups in total. The summed E-state index contributed by atoms with van der Waals surface area (Å²) < 4.78 is 6.79. The molecule has 3 aromatic rings. The fourth-order valence-corrected chi connectivity index (χ4v) is 3.69. The van der Waals surface area contributed by atoms with Crippen LogP contribution in [-0.2, 0) is 11.2 Å². The first kappa shape index (κ1) is 20.6. The van der Waals surface area contributed by atoms with Gasteiger partial charge in [-0.2, -0.15) is 5.10 Å². The summed E-state index contributed by atoms with van der Waals surface area (Å²) in [5.74, 6) is 0.815. The average Bonchev–Trinajstić information content (AvgIpc) is 3.10. The number of nitrogens with two attached hydrogens (primary N) is 2. The van der Waals surface area contributed by atoms with Crippen LogP contribution in [0.3, 0.4) is 0 Å². The molecule has 1 saturated carbocycles. The Bertz CT molecular complexity index is 1130. The lowest BCUT2D eigenvalue weighted by molar-refractivity contribution is -0.115. The lowest BCUT2D eigenvalue weighted by atomic mass is 10.0. The van der Waals surface area contributed by atoms with Gasteiger partial charge in [0.2, 0.25) is 11.8 Å². The van der Waals surface area contributed by atoms with Crippen molar-refractivity contribution in [2.75, 3.05) is 11.1 Å². The van der Waals surface area contributed by atoms with Gasteiger partial charge in [0.1, 0.15) is 17.1 Å². The molecule has 0 spiro atoms. The van der Waals surface area contributed by atoms with Crippen LogP contribution < -0.4 is 16.8 Å². The first-order chi connectivity index (χ1) is 14.7. The Morgan fingerprint density at radius 3 is 2.55 bits per heavy atom. The Labute approximate surface area is 179 Å². The van der Waals surface area contributed by atoms with E-state index in [1.54, 1.807) is 22.9 Å². The minimum atomic E-state index is -0.630. The predicted octanol–water partition coefficient (Wildman–Crippen LogP) is 3.10. The maximum absolute atomic E-state index is 12.4. The molecule has 9 nitrogen and oxygen atoms in total. The summed E-state index contributed by atoms with van der Waals surface area (Å²) in [6.07, 6.45) is 1.27. The zero-order chi connectivity index (χ0) is 22.3. The third-order valence-electron chi connectivity index (χ3n) is 5.56. The van der Waals surface area contributed by atoms with Crippen molar-refractivity contribution in [3.05, 3.63) is 47.2 Å². The van der Waals surface area contributed by atoms with Gasteiger partial charge in [0.25, 0.3) is 5.91 Å². The number of primary amides is 1. The number of aromatic nitrogens is 3. The van der Waals surface area contributed by atoms with E-state index in [9.17, 15) is 9.59 Å². The second-order valence-corrected chi connectivity index (χ2v) is 8.37. The van der Waals surface area contributed by atoms with Gasteiger partial charge in [0.15, 0.2) is 0 Å². The number of amides is 2. The maximum atomic E-state index is 12.4. The van der Waals surface area contributed by atoms with Crippen molar-refractivity contribution in [3.8, 4) is 11.3 Å². The highest BCUT2D eigenvalue weighted by Crippen LogP contribution is 2.46. The molecule has 4 rings (SSSR count). The van der Waals surface area contributed by atoms with Crippen LogP contribution >= 0.6 is 0 Å². The van der Waals surface area contributed by atoms with Gasteiger partial charge in [-0.15, -0.1) is 0 Å². The van der Waals surface area contributed by atoms with Crippen LogP contribution in [0.5, 0.6) is 0 Å². The Morgan fingerprint density at radius 2 is 1.97 bits per heavy atom. The third kappa shape index (κ3) is 4.16. The summed E-state index contributed by atoms with van der Waals surface area (Å²) in [6.45, 7) is 6.00. The van der Waals surface area contributed by atoms with Gasteiger partial charge >= 0.3 is 0 Å². The lowest BCUT2D eigenvalue weighted by Crippen LogP contribution is -2.15. The standard InChI is InChI=1S/C22H26N6O3/c1-11(2)28-21(23)19(22(24)30)20(26-28)14-6-4-13(5-7-14)9-17(29)25-18-10-16(27-31-18)15-8-12(15)3/h4-7,10-12,15H,8-9,23H2,1-3H3,(H2,24,30)(H,25,29). The van der Waals surface area contributed by atoms with Crippen LogP contribution in [0.2, 0.25) is 0 Å². The van der Waals surface area contributed by atoms with Crippen LogP contribution in [0.25, 0.3) is 11.3 Å². The van der Waals surface area contributed by atoms with E-state index in [-0.39, 0.29) is 29.8 Å². The summed E-state index contributed by atoms with van der Waals surface area (Å²) in [4.78, 5) is 24.3. The number of carbonyl (C=O) groups excluding carboxylic acids is 2. The Kier molecular flexibility index (Phi) is 5.26. The van der Waals surface area contributed by atoms with Gasteiger partial charge in [-0.05, 0) is 31.7 Å². The number of benzene rings is 1. The zero-order valence-corrected chi connectivity index (χ0v) is 17.8. The molecule has 2 unspecified atom stereocenters. The lowest BCUT2D eigenvalue weighted by Gasteiger charge is -2.07. The second kappa shape index (κ2) is 7.90. The molecule has 2 amide bonds. The summed E-state index contributed by atoms with van der Waals surface area (Å²) in [5.41, 5.74) is 14.6. The van der Waals surface area contributed by atoms with Gasteiger partial charge in [0, 0.05) is 23.6 Å². The number of nitrogens with zero attached hydrogens (tertiary/aromatic N) is 3. The highest BCUT2D eigenvalue weighted by molar-refractivity contribution is 6.03. The second-order valence-electron chi connectivity index (χ2n) is 8.37. The van der Waals surface area contributed by atoms with Crippen LogP contribution in [0, 0.1) is 5.92 Å². The minimum Gasteiger partial charge on any atom is -0.383 e. The summed E-state index contributed by atoms with van der Waals surface area (Å²) in [7, 11) is 0. The Morgan fingerprint density at radius 1 is 1.29 bits per heavy atom. The molecule has 162 valence electrons. The van der Waals surface area contributed by atoms with Crippen LogP contribution in [0.4, 0.5) is 11.7 Å². The van der Waals surface area contributed by atoms with E-state index in [1.807, 2.05) is 26.0 Å². The number of rotatable bonds is 7. The third-order valence-corrected chi connectivity index (χ3v) is 5.56.